The first-order chi connectivity index (χ1) is 51.7. The van der Waals surface area contributed by atoms with E-state index in [0.29, 0.717) is 0 Å². The zero-order valence-corrected chi connectivity index (χ0v) is 56.8. The fourth-order valence-electron chi connectivity index (χ4n) is 17.9. The maximum Gasteiger partial charge on any atom is 0.0634 e. The molecule has 0 spiro atoms. The largest absolute Gasteiger partial charge is 0.308 e. The standard InChI is InChI=1S/C102H64N2/c1-11-35-65(36-12-1)85-87(67-39-15-3-16-40-67)91(71-47-23-7-24-48-71)95(92(72-49-25-8-26-50-72)88(85)68-41-17-4-18-42-68)75-59-61-83-79(63-75)99-97-77-55-31-34-58-82(77)104-84-62-60-76(64-80(84)100(102(97)104)98-78-56-32-33-57-81(78)103(83)101(98)99)96-93(73-51-27-9-28-52-73)89(69-43-19-5-20-44-69)86(66-37-13-2-14-38-66)90(70-45-21-6-22-46-70)94(96)74-53-29-10-30-54-74/h1-64H. The van der Waals surface area contributed by atoms with Gasteiger partial charge in [-0.05, 0) is 170 Å². The molecule has 21 aromatic rings. The Labute approximate surface area is 602 Å². The highest BCUT2D eigenvalue weighted by Gasteiger charge is 2.35. The van der Waals surface area contributed by atoms with Crippen molar-refractivity contribution in [1.29, 1.82) is 0 Å². The van der Waals surface area contributed by atoms with Gasteiger partial charge in [-0.25, -0.2) is 0 Å². The van der Waals surface area contributed by atoms with Crippen LogP contribution in [0, 0.1) is 0 Å². The van der Waals surface area contributed by atoms with Gasteiger partial charge in [-0.2, -0.15) is 0 Å². The Kier molecular flexibility index (Phi) is 13.7. The van der Waals surface area contributed by atoms with E-state index < -0.39 is 0 Å². The van der Waals surface area contributed by atoms with Crippen molar-refractivity contribution in [2.24, 2.45) is 0 Å². The Morgan fingerprint density at radius 3 is 0.500 bits per heavy atom. The number of nitrogens with zero attached hydrogens (tertiary/aromatic N) is 2. The second kappa shape index (κ2) is 24.0. The van der Waals surface area contributed by atoms with Crippen molar-refractivity contribution in [1.82, 2.24) is 8.80 Å². The summed E-state index contributed by atoms with van der Waals surface area (Å²) in [5, 5.41) is 9.96. The fourth-order valence-corrected chi connectivity index (χ4v) is 17.9. The fraction of sp³-hybridized carbons (Fsp3) is 0. The average molecular weight is 1320 g/mol. The van der Waals surface area contributed by atoms with E-state index in [9.17, 15) is 0 Å². The summed E-state index contributed by atoms with van der Waals surface area (Å²) in [5.41, 5.74) is 35.4. The minimum Gasteiger partial charge on any atom is -0.308 e. The molecule has 0 saturated heterocycles. The molecule has 17 aromatic carbocycles. The molecule has 104 heavy (non-hydrogen) atoms. The van der Waals surface area contributed by atoms with Crippen molar-refractivity contribution in [2.75, 3.05) is 0 Å². The third-order valence-corrected chi connectivity index (χ3v) is 21.9. The summed E-state index contributed by atoms with van der Waals surface area (Å²) >= 11 is 0. The van der Waals surface area contributed by atoms with Gasteiger partial charge in [-0.1, -0.05) is 352 Å². The third-order valence-electron chi connectivity index (χ3n) is 21.9. The van der Waals surface area contributed by atoms with Gasteiger partial charge in [-0.15, -0.1) is 0 Å². The molecule has 4 heterocycles. The molecule has 2 nitrogen and oxygen atoms in total. The molecule has 0 aliphatic heterocycles. The predicted molar refractivity (Wildman–Crippen MR) is 441 cm³/mol. The normalized spacial score (nSPS) is 11.8. The van der Waals surface area contributed by atoms with Crippen molar-refractivity contribution >= 4 is 76.2 Å². The van der Waals surface area contributed by atoms with E-state index in [1.54, 1.807) is 0 Å². The topological polar surface area (TPSA) is 8.82 Å². The highest BCUT2D eigenvalue weighted by atomic mass is 14.9. The molecule has 0 unspecified atom stereocenters. The number of hydrogen-bond acceptors (Lipinski definition) is 0. The molecule has 0 atom stereocenters. The zero-order chi connectivity index (χ0) is 68.3. The van der Waals surface area contributed by atoms with Crippen LogP contribution >= 0.6 is 0 Å². The first-order valence-electron chi connectivity index (χ1n) is 36.1. The lowest BCUT2D eigenvalue weighted by molar-refractivity contribution is 1.37. The van der Waals surface area contributed by atoms with Crippen LogP contribution in [0.2, 0.25) is 0 Å². The first kappa shape index (κ1) is 59.2. The molecule has 2 heteroatoms. The number of hydrogen-bond donors (Lipinski definition) is 0. The van der Waals surface area contributed by atoms with Gasteiger partial charge >= 0.3 is 0 Å². The molecule has 0 fully saturated rings. The maximum atomic E-state index is 2.62. The summed E-state index contributed by atoms with van der Waals surface area (Å²) < 4.78 is 5.23. The molecule has 0 amide bonds. The molecule has 0 N–H and O–H groups in total. The SMILES string of the molecule is c1ccc(-c2c(-c3ccccc3)c(-c3ccccc3)c(-c3ccc4c(c3)c3c5c6ccccc6n6c7ccc(-c8c(-c9ccccc9)c(-c9ccccc9)c(-c9ccccc9)c(-c9ccccc9)c8-c8ccccc8)cc7c(c7c8ccccc8n4c73)c56)c(-c3ccccc3)c2-c2ccccc2)cc1. The third kappa shape index (κ3) is 8.95. The summed E-state index contributed by atoms with van der Waals surface area (Å²) in [6, 6.07) is 145. The highest BCUT2D eigenvalue weighted by molar-refractivity contribution is 6.45. The van der Waals surface area contributed by atoms with Crippen molar-refractivity contribution in [2.45, 2.75) is 0 Å². The Morgan fingerprint density at radius 1 is 0.125 bits per heavy atom. The van der Waals surface area contributed by atoms with E-state index in [1.165, 1.54) is 143 Å². The second-order valence-electron chi connectivity index (χ2n) is 27.5. The van der Waals surface area contributed by atoms with Gasteiger partial charge in [-0.3, -0.25) is 0 Å². The smallest absolute Gasteiger partial charge is 0.0634 e. The van der Waals surface area contributed by atoms with Crippen LogP contribution in [0.5, 0.6) is 0 Å². The lowest BCUT2D eigenvalue weighted by atomic mass is 9.74. The van der Waals surface area contributed by atoms with Crippen LogP contribution < -0.4 is 0 Å². The summed E-state index contributed by atoms with van der Waals surface area (Å²) in [4.78, 5) is 0. The number of fused-ring (bicyclic) bond motifs is 14. The van der Waals surface area contributed by atoms with Crippen LogP contribution in [0.25, 0.3) is 210 Å². The molecular weight excluding hydrogens is 1250 g/mol. The molecular formula is C102H64N2. The number of rotatable bonds is 12. The Bertz CT molecular complexity index is 6220. The summed E-state index contributed by atoms with van der Waals surface area (Å²) in [6.45, 7) is 0. The summed E-state index contributed by atoms with van der Waals surface area (Å²) in [5.74, 6) is 0. The van der Waals surface area contributed by atoms with Crippen LogP contribution in [0.4, 0.5) is 0 Å². The van der Waals surface area contributed by atoms with Crippen molar-refractivity contribution < 1.29 is 0 Å². The van der Waals surface area contributed by atoms with E-state index in [0.717, 1.165) is 66.8 Å². The lowest BCUT2D eigenvalue weighted by Crippen LogP contribution is -2.02. The summed E-state index contributed by atoms with van der Waals surface area (Å²) in [7, 11) is 0. The van der Waals surface area contributed by atoms with E-state index in [4.69, 9.17) is 0 Å². The van der Waals surface area contributed by atoms with Gasteiger partial charge in [0.05, 0.1) is 33.1 Å². The lowest BCUT2D eigenvalue weighted by Gasteiger charge is -2.29. The monoisotopic (exact) mass is 1320 g/mol. The van der Waals surface area contributed by atoms with Crippen LogP contribution in [0.15, 0.2) is 388 Å². The zero-order valence-electron chi connectivity index (χ0n) is 56.8. The molecule has 0 bridgehead atoms. The quantitative estimate of drug-likeness (QED) is 0.115. The number of aromatic nitrogens is 2. The molecule has 482 valence electrons. The predicted octanol–water partition coefficient (Wildman–Crippen LogP) is 28.0. The molecule has 0 aliphatic rings. The van der Waals surface area contributed by atoms with Crippen LogP contribution in [0.3, 0.4) is 0 Å². The first-order valence-corrected chi connectivity index (χ1v) is 36.1. The average Bonchev–Trinajstić information content (AvgIpc) is 1.48. The van der Waals surface area contributed by atoms with E-state index in [2.05, 4.69) is 397 Å². The Balaban J connectivity index is 0.933. The van der Waals surface area contributed by atoms with Crippen molar-refractivity contribution in [3.63, 3.8) is 0 Å². The Morgan fingerprint density at radius 2 is 0.288 bits per heavy atom. The van der Waals surface area contributed by atoms with Crippen molar-refractivity contribution in [3.05, 3.63) is 388 Å². The van der Waals surface area contributed by atoms with Gasteiger partial charge in [0.2, 0.25) is 0 Å². The van der Waals surface area contributed by atoms with Gasteiger partial charge < -0.3 is 8.80 Å². The molecule has 21 rings (SSSR count). The minimum atomic E-state index is 1.15. The van der Waals surface area contributed by atoms with Crippen LogP contribution in [0.1, 0.15) is 0 Å². The highest BCUT2D eigenvalue weighted by Crippen LogP contribution is 2.60. The molecule has 4 aromatic heterocycles. The van der Waals surface area contributed by atoms with Gasteiger partial charge in [0, 0.05) is 43.1 Å². The Hall–Kier alpha value is -13.7. The van der Waals surface area contributed by atoms with E-state index in [1.807, 2.05) is 0 Å². The van der Waals surface area contributed by atoms with Crippen molar-refractivity contribution in [3.8, 4) is 134 Å². The second-order valence-corrected chi connectivity index (χ2v) is 27.5. The van der Waals surface area contributed by atoms with Gasteiger partial charge in [0.15, 0.2) is 0 Å². The molecule has 0 radical (unpaired) electrons. The maximum absolute atomic E-state index is 2.62. The summed E-state index contributed by atoms with van der Waals surface area (Å²) in [6.07, 6.45) is 0. The van der Waals surface area contributed by atoms with E-state index >= 15 is 0 Å². The van der Waals surface area contributed by atoms with Crippen LogP contribution in [-0.4, -0.2) is 8.80 Å². The molecule has 0 aliphatic carbocycles. The minimum absolute atomic E-state index is 1.15. The molecule has 0 saturated carbocycles. The van der Waals surface area contributed by atoms with Gasteiger partial charge in [0.25, 0.3) is 0 Å². The number of para-hydroxylation sites is 2. The number of benzene rings is 17. The van der Waals surface area contributed by atoms with Gasteiger partial charge in [0.1, 0.15) is 0 Å². The van der Waals surface area contributed by atoms with Crippen LogP contribution in [-0.2, 0) is 0 Å². The van der Waals surface area contributed by atoms with E-state index in [-0.39, 0.29) is 0 Å².